The second-order valence-corrected chi connectivity index (χ2v) is 20.5. The van der Waals surface area contributed by atoms with E-state index in [-0.39, 0.29) is 54.2 Å². The molecule has 7 aromatic carbocycles. The van der Waals surface area contributed by atoms with E-state index in [9.17, 15) is 5.11 Å². The Bertz CT molecular complexity index is 3500. The van der Waals surface area contributed by atoms with Gasteiger partial charge in [-0.3, -0.25) is 9.55 Å². The zero-order valence-corrected chi connectivity index (χ0v) is 41.9. The maximum Gasteiger partial charge on any atom is 0.148 e. The molecular formula is C62H60N3OPt-. The number of benzene rings is 7. The van der Waals surface area contributed by atoms with Crippen LogP contribution in [0, 0.1) is 19.8 Å². The van der Waals surface area contributed by atoms with Crippen molar-refractivity contribution in [3.8, 4) is 78.6 Å². The minimum absolute atomic E-state index is 0. The smallest absolute Gasteiger partial charge is 0.148 e. The first-order chi connectivity index (χ1) is 33.8. The molecule has 0 bridgehead atoms. The number of aryl methyl sites for hydroxylation is 2. The molecule has 0 amide bonds. The number of aromatic nitrogens is 3. The molecule has 67 heavy (non-hydrogen) atoms. The Morgan fingerprint density at radius 1 is 0.522 bits per heavy atom. The van der Waals surface area contributed by atoms with E-state index in [0.29, 0.717) is 39.3 Å². The van der Waals surface area contributed by atoms with Gasteiger partial charge in [-0.05, 0) is 105 Å². The fraction of sp³-hybridized carbons (Fsp3) is 0.226. The molecule has 5 heteroatoms. The van der Waals surface area contributed by atoms with Crippen LogP contribution in [0.4, 0.5) is 0 Å². The average molecular weight is 1060 g/mol. The third kappa shape index (κ3) is 9.34. The summed E-state index contributed by atoms with van der Waals surface area (Å²) in [4.78, 5) is 10.5. The topological polar surface area (TPSA) is 50.9 Å². The Morgan fingerprint density at radius 3 is 1.85 bits per heavy atom. The van der Waals surface area contributed by atoms with Crippen LogP contribution in [-0.2, 0) is 37.3 Å². The number of fused-ring (bicyclic) bond motifs is 1. The molecule has 0 aliphatic heterocycles. The summed E-state index contributed by atoms with van der Waals surface area (Å²) in [6.07, 6.45) is 1.67. The molecule has 0 atom stereocenters. The van der Waals surface area contributed by atoms with Crippen LogP contribution in [0.2, 0.25) is 0 Å². The van der Waals surface area contributed by atoms with Crippen LogP contribution >= 0.6 is 0 Å². The number of phenols is 1. The van der Waals surface area contributed by atoms with Crippen molar-refractivity contribution < 1.29 is 34.4 Å². The first-order valence-corrected chi connectivity index (χ1v) is 22.6. The fourth-order valence-corrected chi connectivity index (χ4v) is 8.73. The van der Waals surface area contributed by atoms with Gasteiger partial charge >= 0.3 is 0 Å². The van der Waals surface area contributed by atoms with Gasteiger partial charge in [-0.15, -0.1) is 23.8 Å². The van der Waals surface area contributed by atoms with E-state index >= 15 is 0 Å². The van der Waals surface area contributed by atoms with Crippen LogP contribution in [0.5, 0.6) is 5.75 Å². The van der Waals surface area contributed by atoms with Crippen LogP contribution in [0.1, 0.15) is 98.4 Å². The van der Waals surface area contributed by atoms with Gasteiger partial charge in [0.05, 0.1) is 22.3 Å². The second-order valence-electron chi connectivity index (χ2n) is 20.5. The quantitative estimate of drug-likeness (QED) is 0.162. The molecule has 0 unspecified atom stereocenters. The van der Waals surface area contributed by atoms with Crippen molar-refractivity contribution in [2.24, 2.45) is 0 Å². The fourth-order valence-electron chi connectivity index (χ4n) is 8.73. The Hall–Kier alpha value is -6.35. The predicted molar refractivity (Wildman–Crippen MR) is 278 cm³/mol. The summed E-state index contributed by atoms with van der Waals surface area (Å²) < 4.78 is 51.0. The number of hydrogen-bond acceptors (Lipinski definition) is 3. The summed E-state index contributed by atoms with van der Waals surface area (Å²) in [7, 11) is 0. The molecule has 340 valence electrons. The maximum absolute atomic E-state index is 12.6. The number of rotatable bonds is 7. The third-order valence-corrected chi connectivity index (χ3v) is 12.6. The van der Waals surface area contributed by atoms with Crippen LogP contribution in [0.15, 0.2) is 158 Å². The summed E-state index contributed by atoms with van der Waals surface area (Å²) in [5.41, 5.74) is 13.1. The molecule has 0 saturated carbocycles. The van der Waals surface area contributed by atoms with Crippen molar-refractivity contribution >= 4 is 11.0 Å². The molecule has 1 N–H and O–H groups in total. The van der Waals surface area contributed by atoms with E-state index < -0.39 is 13.7 Å². The van der Waals surface area contributed by atoms with Crippen molar-refractivity contribution in [3.05, 3.63) is 192 Å². The monoisotopic (exact) mass is 1060 g/mol. The van der Waals surface area contributed by atoms with Gasteiger partial charge in [0.15, 0.2) is 0 Å². The summed E-state index contributed by atoms with van der Waals surface area (Å²) >= 11 is 0. The number of hydrogen-bond donors (Lipinski definition) is 1. The predicted octanol–water partition coefficient (Wildman–Crippen LogP) is 16.4. The second kappa shape index (κ2) is 18.0. The average Bonchev–Trinajstić information content (AvgIpc) is 3.72. The van der Waals surface area contributed by atoms with Crippen molar-refractivity contribution in [3.63, 3.8) is 0 Å². The minimum Gasteiger partial charge on any atom is -0.507 e. The number of nitrogens with zero attached hydrogens (tertiary/aromatic N) is 3. The van der Waals surface area contributed by atoms with Crippen molar-refractivity contribution in [2.75, 3.05) is 0 Å². The Labute approximate surface area is 420 Å². The molecule has 9 aromatic rings. The molecule has 0 spiro atoms. The molecule has 0 aliphatic carbocycles. The van der Waals surface area contributed by atoms with Crippen molar-refractivity contribution in [1.82, 2.24) is 14.5 Å². The molecule has 0 saturated heterocycles. The van der Waals surface area contributed by atoms with Crippen molar-refractivity contribution in [1.29, 1.82) is 0 Å². The van der Waals surface area contributed by atoms with Gasteiger partial charge in [0.1, 0.15) is 11.6 Å². The molecule has 4 nitrogen and oxygen atoms in total. The first kappa shape index (κ1) is 39.8. The zero-order valence-electron chi connectivity index (χ0n) is 45.6. The van der Waals surface area contributed by atoms with E-state index in [4.69, 9.17) is 18.2 Å². The van der Waals surface area contributed by atoms with Gasteiger partial charge in [0.25, 0.3) is 0 Å². The van der Waals surface area contributed by atoms with Crippen LogP contribution in [0.25, 0.3) is 83.9 Å². The van der Waals surface area contributed by atoms with E-state index in [1.165, 1.54) is 17.7 Å². The maximum atomic E-state index is 12.6. The Balaban J connectivity index is 0.00000711. The molecule has 2 aromatic heterocycles. The number of imidazole rings is 1. The number of aromatic hydroxyl groups is 1. The summed E-state index contributed by atoms with van der Waals surface area (Å²) in [5, 5.41) is 12.6. The van der Waals surface area contributed by atoms with Gasteiger partial charge < -0.3 is 5.11 Å². The zero-order chi connectivity index (χ0) is 51.7. The minimum atomic E-state index is -2.64. The van der Waals surface area contributed by atoms with Gasteiger partial charge in [0, 0.05) is 52.3 Å². The van der Waals surface area contributed by atoms with Gasteiger partial charge in [-0.1, -0.05) is 188 Å². The standard InChI is InChI=1S/C62H60N3O.Pt/c1-39-25-26-43(31-40(39)2)44-29-30-63-54(35-44)47-33-45(41-19-14-12-15-20-41)32-46(34-47)50-23-18-24-56-57(50)64-59(52-37-49(61(6,7)8)38-53(58(52)66)62(9,10)11)65(56)55-28-27-48(60(3,4)5)36-51(55)42-21-16-13-17-22-42;/h12-33,35-38,66H,1-11H3;/q-1;/i1D3,2D3;. The van der Waals surface area contributed by atoms with Crippen LogP contribution in [-0.4, -0.2) is 19.6 Å². The molecule has 0 radical (unpaired) electrons. The Kier molecular flexibility index (Phi) is 10.7. The normalized spacial score (nSPS) is 13.7. The summed E-state index contributed by atoms with van der Waals surface area (Å²) in [6.45, 7) is 14.4. The first-order valence-electron chi connectivity index (χ1n) is 25.6. The number of para-hydroxylation sites is 1. The third-order valence-electron chi connectivity index (χ3n) is 12.6. The molecular weight excluding hydrogens is 998 g/mol. The molecule has 0 fully saturated rings. The van der Waals surface area contributed by atoms with Crippen molar-refractivity contribution in [2.45, 2.75) is 92.3 Å². The number of pyridine rings is 1. The Morgan fingerprint density at radius 2 is 1.18 bits per heavy atom. The molecule has 0 aliphatic rings. The van der Waals surface area contributed by atoms with E-state index in [1.54, 1.807) is 18.3 Å². The SMILES string of the molecule is [2H]C([2H])([2H])c1ccc(-c2ccnc(-c3[c-]c(-c4cccc5c4nc(-c4cc(C(C)(C)C)cc(C(C)(C)C)c4O)n5-c4ccc(C(C)(C)C)cc4-c4ccccc4)cc(-c4ccccc4)c3)c2)cc1C([2H])([2H])[2H].[Pt]. The van der Waals surface area contributed by atoms with Gasteiger partial charge in [0.2, 0.25) is 0 Å². The molecule has 9 rings (SSSR count). The van der Waals surface area contributed by atoms with E-state index in [2.05, 4.69) is 158 Å². The van der Waals surface area contributed by atoms with Crippen LogP contribution in [0.3, 0.4) is 0 Å². The van der Waals surface area contributed by atoms with Crippen LogP contribution < -0.4 is 0 Å². The summed E-state index contributed by atoms with van der Waals surface area (Å²) in [6, 6.07) is 53.7. The number of phenolic OH excluding ortho intramolecular Hbond substituents is 1. The summed E-state index contributed by atoms with van der Waals surface area (Å²) in [5.74, 6) is 0.785. The largest absolute Gasteiger partial charge is 0.507 e. The van der Waals surface area contributed by atoms with Gasteiger partial charge in [-0.2, -0.15) is 0 Å². The van der Waals surface area contributed by atoms with Gasteiger partial charge in [-0.25, -0.2) is 4.98 Å². The van der Waals surface area contributed by atoms with E-state index in [1.807, 2.05) is 42.5 Å². The molecule has 2 heterocycles. The van der Waals surface area contributed by atoms with E-state index in [0.717, 1.165) is 55.7 Å².